The molecule has 250 valence electrons. The van der Waals surface area contributed by atoms with Crippen molar-refractivity contribution in [3.05, 3.63) is 167 Å². The van der Waals surface area contributed by atoms with Crippen LogP contribution in [0.4, 0.5) is 0 Å². The van der Waals surface area contributed by atoms with Gasteiger partial charge in [0.05, 0.1) is 23.8 Å². The van der Waals surface area contributed by atoms with Gasteiger partial charge in [0, 0.05) is 28.4 Å². The second-order valence-corrected chi connectivity index (χ2v) is 14.3. The zero-order valence-corrected chi connectivity index (χ0v) is 27.8. The largest absolute Gasteiger partial charge is 0.507 e. The molecule has 6 nitrogen and oxygen atoms in total. The predicted molar refractivity (Wildman–Crippen MR) is 194 cm³/mol. The van der Waals surface area contributed by atoms with Crippen LogP contribution >= 0.6 is 0 Å². The van der Waals surface area contributed by atoms with Gasteiger partial charge in [0.2, 0.25) is 11.8 Å². The van der Waals surface area contributed by atoms with E-state index in [1.54, 1.807) is 0 Å². The first-order valence-corrected chi connectivity index (χ1v) is 17.6. The SMILES string of the molecule is O=C1C(c2ccccc2)=CC(=O)[C@@]2(c3ccccc3)[C@@H](c3ccc4ccccc4c3O)C3=CC[C@@H]4C(=O)N(Cc5ccccc5)C(=O)[C@@H]4[C@@H]3C[C@@H]12. The van der Waals surface area contributed by atoms with E-state index in [0.29, 0.717) is 34.1 Å². The highest BCUT2D eigenvalue weighted by Gasteiger charge is 2.66. The molecule has 5 aromatic rings. The second-order valence-electron chi connectivity index (χ2n) is 14.3. The smallest absolute Gasteiger partial charge is 0.234 e. The van der Waals surface area contributed by atoms with E-state index in [1.807, 2.05) is 133 Å². The molecule has 6 atom stereocenters. The number of benzene rings is 5. The van der Waals surface area contributed by atoms with Crippen LogP contribution in [0.3, 0.4) is 0 Å². The van der Waals surface area contributed by atoms with Crippen LogP contribution in [-0.4, -0.2) is 33.4 Å². The van der Waals surface area contributed by atoms with Gasteiger partial charge in [-0.15, -0.1) is 0 Å². The summed E-state index contributed by atoms with van der Waals surface area (Å²) in [7, 11) is 0. The molecule has 0 unspecified atom stereocenters. The molecular formula is C45H35NO5. The van der Waals surface area contributed by atoms with Crippen LogP contribution in [0.1, 0.15) is 41.0 Å². The average molecular weight is 670 g/mol. The molecule has 0 aromatic heterocycles. The normalized spacial score (nSPS) is 27.1. The molecule has 1 saturated heterocycles. The number of carbonyl (C=O) groups excluding carboxylic acids is 4. The van der Waals surface area contributed by atoms with E-state index in [4.69, 9.17) is 0 Å². The number of carbonyl (C=O) groups is 4. The van der Waals surface area contributed by atoms with Crippen molar-refractivity contribution < 1.29 is 24.3 Å². The summed E-state index contributed by atoms with van der Waals surface area (Å²) in [6, 6.07) is 39.6. The number of hydrogen-bond donors (Lipinski definition) is 1. The summed E-state index contributed by atoms with van der Waals surface area (Å²) >= 11 is 0. The number of nitrogens with zero attached hydrogens (tertiary/aromatic N) is 1. The number of phenols is 1. The Bertz CT molecular complexity index is 2310. The van der Waals surface area contributed by atoms with Crippen molar-refractivity contribution in [1.82, 2.24) is 4.90 Å². The topological polar surface area (TPSA) is 91.8 Å². The van der Waals surface area contributed by atoms with Crippen LogP contribution in [0.2, 0.25) is 0 Å². The maximum atomic E-state index is 15.2. The predicted octanol–water partition coefficient (Wildman–Crippen LogP) is 7.57. The van der Waals surface area contributed by atoms with Gasteiger partial charge in [-0.1, -0.05) is 139 Å². The molecule has 1 saturated carbocycles. The molecule has 1 N–H and O–H groups in total. The molecule has 4 aliphatic rings. The number of ketones is 2. The summed E-state index contributed by atoms with van der Waals surface area (Å²) in [5, 5.41) is 13.6. The number of amides is 2. The van der Waals surface area contributed by atoms with Gasteiger partial charge in [0.25, 0.3) is 0 Å². The minimum absolute atomic E-state index is 0.0495. The molecule has 0 radical (unpaired) electrons. The monoisotopic (exact) mass is 669 g/mol. The fourth-order valence-electron chi connectivity index (χ4n) is 9.71. The van der Waals surface area contributed by atoms with Crippen LogP contribution in [0.5, 0.6) is 5.75 Å². The van der Waals surface area contributed by atoms with E-state index < -0.39 is 35.0 Å². The summed E-state index contributed by atoms with van der Waals surface area (Å²) in [6.45, 7) is 0.179. The lowest BCUT2D eigenvalue weighted by molar-refractivity contribution is -0.141. The molecule has 6 heteroatoms. The van der Waals surface area contributed by atoms with Gasteiger partial charge in [-0.25, -0.2) is 0 Å². The third kappa shape index (κ3) is 4.55. The van der Waals surface area contributed by atoms with E-state index in [2.05, 4.69) is 0 Å². The van der Waals surface area contributed by atoms with Crippen LogP contribution in [0.15, 0.2) is 145 Å². The van der Waals surface area contributed by atoms with Crippen LogP contribution in [-0.2, 0) is 31.1 Å². The quantitative estimate of drug-likeness (QED) is 0.154. The Morgan fingerprint density at radius 1 is 0.706 bits per heavy atom. The Labute approximate surface area is 295 Å². The van der Waals surface area contributed by atoms with Gasteiger partial charge in [0.1, 0.15) is 5.75 Å². The molecule has 1 aliphatic heterocycles. The standard InChI is InChI=1S/C45H35NO5/c47-38-25-35(28-14-6-2-7-15-28)42(49)37-24-36-32(22-23-33-39(36)44(51)46(43(33)50)26-27-12-4-1-5-13-27)40(45(37,38)30-17-8-3-9-18-30)34-21-20-29-16-10-11-19-31(29)41(34)48/h1-22,25,33,36-37,39-40,48H,23-24,26H2/t33-,36+,37-,39-,40+,45-/m0/s1. The number of aromatic hydroxyl groups is 1. The van der Waals surface area contributed by atoms with Crippen molar-refractivity contribution in [2.75, 3.05) is 0 Å². The molecular weight excluding hydrogens is 634 g/mol. The zero-order valence-electron chi connectivity index (χ0n) is 27.8. The number of rotatable bonds is 5. The zero-order chi connectivity index (χ0) is 34.9. The van der Waals surface area contributed by atoms with Crippen molar-refractivity contribution in [2.45, 2.75) is 30.7 Å². The van der Waals surface area contributed by atoms with Crippen LogP contribution in [0.25, 0.3) is 16.3 Å². The van der Waals surface area contributed by atoms with Crippen LogP contribution < -0.4 is 0 Å². The van der Waals surface area contributed by atoms with Crippen molar-refractivity contribution in [1.29, 1.82) is 0 Å². The van der Waals surface area contributed by atoms with Crippen molar-refractivity contribution in [3.63, 3.8) is 0 Å². The highest BCUT2D eigenvalue weighted by molar-refractivity contribution is 6.31. The lowest BCUT2D eigenvalue weighted by atomic mass is 9.44. The second kappa shape index (κ2) is 11.9. The number of phenolic OH excluding ortho intramolecular Hbond substituents is 1. The minimum Gasteiger partial charge on any atom is -0.507 e. The van der Waals surface area contributed by atoms with Gasteiger partial charge < -0.3 is 5.11 Å². The molecule has 9 rings (SSSR count). The van der Waals surface area contributed by atoms with E-state index >= 15 is 9.59 Å². The Balaban J connectivity index is 1.28. The van der Waals surface area contributed by atoms with E-state index in [1.165, 1.54) is 11.0 Å². The molecule has 0 bridgehead atoms. The van der Waals surface area contributed by atoms with Gasteiger partial charge in [-0.3, -0.25) is 24.1 Å². The average Bonchev–Trinajstić information content (AvgIpc) is 3.41. The fourth-order valence-corrected chi connectivity index (χ4v) is 9.71. The number of Topliss-reactive ketones (excluding diaryl/α,β-unsaturated/α-hetero) is 1. The van der Waals surface area contributed by atoms with Gasteiger partial charge >= 0.3 is 0 Å². The van der Waals surface area contributed by atoms with Crippen LogP contribution in [0, 0.1) is 23.7 Å². The third-order valence-corrected chi connectivity index (χ3v) is 11.9. The molecule has 0 spiro atoms. The molecule has 51 heavy (non-hydrogen) atoms. The number of hydrogen-bond acceptors (Lipinski definition) is 5. The highest BCUT2D eigenvalue weighted by atomic mass is 16.3. The molecule has 5 aromatic carbocycles. The number of imide groups is 1. The first kappa shape index (κ1) is 31.1. The summed E-state index contributed by atoms with van der Waals surface area (Å²) < 4.78 is 0. The lowest BCUT2D eigenvalue weighted by Gasteiger charge is -2.55. The molecule has 2 fully saturated rings. The minimum atomic E-state index is -1.40. The Kier molecular flexibility index (Phi) is 7.25. The maximum absolute atomic E-state index is 15.2. The number of likely N-dealkylation sites (tertiary alicyclic amines) is 1. The first-order chi connectivity index (χ1) is 24.9. The Morgan fingerprint density at radius 2 is 1.37 bits per heavy atom. The van der Waals surface area contributed by atoms with Crippen molar-refractivity contribution in [2.24, 2.45) is 23.7 Å². The summed E-state index contributed by atoms with van der Waals surface area (Å²) in [6.07, 6.45) is 4.10. The van der Waals surface area contributed by atoms with E-state index in [-0.39, 0.29) is 42.1 Å². The van der Waals surface area contributed by atoms with Gasteiger partial charge in [-0.2, -0.15) is 0 Å². The van der Waals surface area contributed by atoms with E-state index in [9.17, 15) is 14.7 Å². The number of fused-ring (bicyclic) bond motifs is 5. The first-order valence-electron chi connectivity index (χ1n) is 17.6. The highest BCUT2D eigenvalue weighted by Crippen LogP contribution is 2.64. The molecule has 2 amide bonds. The maximum Gasteiger partial charge on any atom is 0.234 e. The number of allylic oxidation sites excluding steroid dienone is 4. The molecule has 3 aliphatic carbocycles. The van der Waals surface area contributed by atoms with Crippen molar-refractivity contribution in [3.8, 4) is 5.75 Å². The fraction of sp³-hybridized carbons (Fsp3) is 0.200. The summed E-state index contributed by atoms with van der Waals surface area (Å²) in [4.78, 5) is 60.2. The Hall–Kier alpha value is -5.88. The van der Waals surface area contributed by atoms with Gasteiger partial charge in [-0.05, 0) is 46.9 Å². The molecule has 1 heterocycles. The van der Waals surface area contributed by atoms with E-state index in [0.717, 1.165) is 16.5 Å². The third-order valence-electron chi connectivity index (χ3n) is 11.9. The lowest BCUT2D eigenvalue weighted by Crippen LogP contribution is -2.58. The summed E-state index contributed by atoms with van der Waals surface area (Å²) in [5.41, 5.74) is 2.53. The van der Waals surface area contributed by atoms with Gasteiger partial charge in [0.15, 0.2) is 11.6 Å². The summed E-state index contributed by atoms with van der Waals surface area (Å²) in [5.74, 6) is -4.17. The van der Waals surface area contributed by atoms with Crippen molar-refractivity contribution >= 4 is 39.7 Å². The Morgan fingerprint density at radius 3 is 2.12 bits per heavy atom.